The molecule has 0 radical (unpaired) electrons. The largest absolute Gasteiger partial charge is 0.506 e. The van der Waals surface area contributed by atoms with E-state index < -0.39 is 4.92 Å². The second kappa shape index (κ2) is 5.92. The number of nitro groups is 1. The summed E-state index contributed by atoms with van der Waals surface area (Å²) < 4.78 is 0. The van der Waals surface area contributed by atoms with Gasteiger partial charge in [0.25, 0.3) is 5.69 Å². The molecule has 1 aromatic carbocycles. The van der Waals surface area contributed by atoms with Crippen LogP contribution in [0.2, 0.25) is 0 Å². The van der Waals surface area contributed by atoms with Gasteiger partial charge in [0.05, 0.1) is 16.7 Å². The summed E-state index contributed by atoms with van der Waals surface area (Å²) in [7, 11) is 0. The van der Waals surface area contributed by atoms with Gasteiger partial charge in [-0.2, -0.15) is 0 Å². The van der Waals surface area contributed by atoms with E-state index in [0.29, 0.717) is 5.92 Å². The first kappa shape index (κ1) is 14.8. The van der Waals surface area contributed by atoms with E-state index in [2.05, 4.69) is 10.2 Å². The highest BCUT2D eigenvalue weighted by Gasteiger charge is 2.41. The summed E-state index contributed by atoms with van der Waals surface area (Å²) >= 11 is 0. The molecule has 7 heteroatoms. The predicted octanol–water partition coefficient (Wildman–Crippen LogP) is 2.11. The fraction of sp³-hybridized carbons (Fsp3) is 0.533. The van der Waals surface area contributed by atoms with Gasteiger partial charge in [0.15, 0.2) is 0 Å². The number of carbonyl (C=O) groups excluding carboxylic acids is 1. The molecule has 1 aliphatic carbocycles. The van der Waals surface area contributed by atoms with Gasteiger partial charge in [-0.15, -0.1) is 0 Å². The number of aromatic hydroxyl groups is 1. The SMILES string of the molecule is O=C(Nc1cc([N+](=O)[O-])ccc1O)[C@H](C1CC1)N1CCCC1. The second-order valence-corrected chi connectivity index (χ2v) is 5.97. The summed E-state index contributed by atoms with van der Waals surface area (Å²) in [5.74, 6) is 0.0223. The van der Waals surface area contributed by atoms with Crippen molar-refractivity contribution in [1.29, 1.82) is 0 Å². The Morgan fingerprint density at radius 3 is 2.64 bits per heavy atom. The van der Waals surface area contributed by atoms with Gasteiger partial charge < -0.3 is 10.4 Å². The lowest BCUT2D eigenvalue weighted by Gasteiger charge is -2.26. The lowest BCUT2D eigenvalue weighted by atomic mass is 10.1. The van der Waals surface area contributed by atoms with Crippen LogP contribution in [0.25, 0.3) is 0 Å². The summed E-state index contributed by atoms with van der Waals surface area (Å²) in [6.07, 6.45) is 4.27. The standard InChI is InChI=1S/C15H19N3O4/c19-13-6-5-11(18(21)22)9-12(13)16-15(20)14(10-3-4-10)17-7-1-2-8-17/h5-6,9-10,14,19H,1-4,7-8H2,(H,16,20)/t14-/m0/s1. The Morgan fingerprint density at radius 1 is 1.36 bits per heavy atom. The molecule has 1 saturated carbocycles. The molecular formula is C15H19N3O4. The normalized spacial score (nSPS) is 19.8. The number of rotatable bonds is 5. The van der Waals surface area contributed by atoms with Gasteiger partial charge in [0, 0.05) is 12.1 Å². The first-order chi connectivity index (χ1) is 10.6. The average molecular weight is 305 g/mol. The second-order valence-electron chi connectivity index (χ2n) is 5.97. The summed E-state index contributed by atoms with van der Waals surface area (Å²) in [5.41, 5.74) is -0.0544. The van der Waals surface area contributed by atoms with Crippen molar-refractivity contribution in [2.45, 2.75) is 31.7 Å². The third kappa shape index (κ3) is 3.04. The Bertz CT molecular complexity index is 594. The van der Waals surface area contributed by atoms with Gasteiger partial charge in [-0.05, 0) is 50.8 Å². The number of hydrogen-bond donors (Lipinski definition) is 2. The molecule has 0 unspecified atom stereocenters. The van der Waals surface area contributed by atoms with Gasteiger partial charge in [-0.1, -0.05) is 0 Å². The summed E-state index contributed by atoms with van der Waals surface area (Å²) in [4.78, 5) is 25.0. The van der Waals surface area contributed by atoms with Crippen molar-refractivity contribution >= 4 is 17.3 Å². The first-order valence-electron chi connectivity index (χ1n) is 7.58. The number of hydrogen-bond acceptors (Lipinski definition) is 5. The number of nitrogens with one attached hydrogen (secondary N) is 1. The molecular weight excluding hydrogens is 286 g/mol. The fourth-order valence-electron chi connectivity index (χ4n) is 3.05. The maximum Gasteiger partial charge on any atom is 0.271 e. The number of phenolic OH excluding ortho intramolecular Hbond substituents is 1. The number of amides is 1. The van der Waals surface area contributed by atoms with Gasteiger partial charge >= 0.3 is 0 Å². The number of likely N-dealkylation sites (tertiary alicyclic amines) is 1. The van der Waals surface area contributed by atoms with E-state index in [9.17, 15) is 20.0 Å². The van der Waals surface area contributed by atoms with Crippen molar-refractivity contribution in [2.75, 3.05) is 18.4 Å². The maximum atomic E-state index is 12.6. The van der Waals surface area contributed by atoms with Crippen LogP contribution in [0.5, 0.6) is 5.75 Å². The molecule has 1 aliphatic heterocycles. The average Bonchev–Trinajstić information content (AvgIpc) is 3.15. The molecule has 3 rings (SSSR count). The zero-order chi connectivity index (χ0) is 15.7. The van der Waals surface area contributed by atoms with Gasteiger partial charge in [0.2, 0.25) is 5.91 Å². The Balaban J connectivity index is 1.77. The highest BCUT2D eigenvalue weighted by molar-refractivity contribution is 5.96. The number of benzene rings is 1. The van der Waals surface area contributed by atoms with E-state index in [1.54, 1.807) is 0 Å². The van der Waals surface area contributed by atoms with E-state index in [1.165, 1.54) is 18.2 Å². The predicted molar refractivity (Wildman–Crippen MR) is 80.7 cm³/mol. The van der Waals surface area contributed by atoms with E-state index >= 15 is 0 Å². The van der Waals surface area contributed by atoms with Gasteiger partial charge in [-0.3, -0.25) is 19.8 Å². The van der Waals surface area contributed by atoms with E-state index in [1.807, 2.05) is 0 Å². The lowest BCUT2D eigenvalue weighted by molar-refractivity contribution is -0.384. The minimum Gasteiger partial charge on any atom is -0.506 e. The zero-order valence-electron chi connectivity index (χ0n) is 12.2. The lowest BCUT2D eigenvalue weighted by Crippen LogP contribution is -2.44. The van der Waals surface area contributed by atoms with Crippen LogP contribution >= 0.6 is 0 Å². The minimum atomic E-state index is -0.548. The molecule has 0 spiro atoms. The van der Waals surface area contributed by atoms with Crippen molar-refractivity contribution in [2.24, 2.45) is 5.92 Å². The maximum absolute atomic E-state index is 12.6. The summed E-state index contributed by atoms with van der Waals surface area (Å²) in [6, 6.07) is 3.45. The zero-order valence-corrected chi connectivity index (χ0v) is 12.2. The molecule has 0 bridgehead atoms. The Hall–Kier alpha value is -2.15. The van der Waals surface area contributed by atoms with Crippen LogP contribution in [0.15, 0.2) is 18.2 Å². The number of anilines is 1. The molecule has 1 atom stereocenters. The van der Waals surface area contributed by atoms with Crippen LogP contribution in [0, 0.1) is 16.0 Å². The van der Waals surface area contributed by atoms with Crippen molar-refractivity contribution in [3.8, 4) is 5.75 Å². The molecule has 1 heterocycles. The minimum absolute atomic E-state index is 0.101. The molecule has 22 heavy (non-hydrogen) atoms. The van der Waals surface area contributed by atoms with E-state index in [4.69, 9.17) is 0 Å². The Labute approximate surface area is 128 Å². The molecule has 2 fully saturated rings. The molecule has 1 amide bonds. The molecule has 2 N–H and O–H groups in total. The van der Waals surface area contributed by atoms with Crippen LogP contribution in [-0.2, 0) is 4.79 Å². The molecule has 118 valence electrons. The number of non-ortho nitro benzene ring substituents is 1. The molecule has 7 nitrogen and oxygen atoms in total. The van der Waals surface area contributed by atoms with Crippen LogP contribution in [0.4, 0.5) is 11.4 Å². The highest BCUT2D eigenvalue weighted by atomic mass is 16.6. The van der Waals surface area contributed by atoms with E-state index in [-0.39, 0.29) is 29.1 Å². The number of carbonyl (C=O) groups is 1. The summed E-state index contributed by atoms with van der Waals surface area (Å²) in [5, 5.41) is 23.3. The van der Waals surface area contributed by atoms with Crippen molar-refractivity contribution in [1.82, 2.24) is 4.90 Å². The third-order valence-corrected chi connectivity index (χ3v) is 4.32. The van der Waals surface area contributed by atoms with Crippen molar-refractivity contribution < 1.29 is 14.8 Å². The fourth-order valence-corrected chi connectivity index (χ4v) is 3.05. The van der Waals surface area contributed by atoms with Gasteiger partial charge in [0.1, 0.15) is 5.75 Å². The Kier molecular flexibility index (Phi) is 3.98. The first-order valence-corrected chi connectivity index (χ1v) is 7.58. The topological polar surface area (TPSA) is 95.7 Å². The quantitative estimate of drug-likeness (QED) is 0.493. The smallest absolute Gasteiger partial charge is 0.271 e. The monoisotopic (exact) mass is 305 g/mol. The molecule has 0 aromatic heterocycles. The van der Waals surface area contributed by atoms with Crippen LogP contribution in [-0.4, -0.2) is 40.0 Å². The third-order valence-electron chi connectivity index (χ3n) is 4.32. The van der Waals surface area contributed by atoms with Crippen molar-refractivity contribution in [3.05, 3.63) is 28.3 Å². The van der Waals surface area contributed by atoms with Crippen LogP contribution in [0.3, 0.4) is 0 Å². The molecule has 1 aromatic rings. The number of phenols is 1. The molecule has 1 saturated heterocycles. The van der Waals surface area contributed by atoms with Gasteiger partial charge in [-0.25, -0.2) is 0 Å². The summed E-state index contributed by atoms with van der Waals surface area (Å²) in [6.45, 7) is 1.82. The highest BCUT2D eigenvalue weighted by Crippen LogP contribution is 2.38. The van der Waals surface area contributed by atoms with Crippen LogP contribution in [0.1, 0.15) is 25.7 Å². The van der Waals surface area contributed by atoms with E-state index in [0.717, 1.165) is 38.8 Å². The number of nitro benzene ring substituents is 1. The van der Waals surface area contributed by atoms with Crippen molar-refractivity contribution in [3.63, 3.8) is 0 Å². The Morgan fingerprint density at radius 2 is 2.05 bits per heavy atom. The molecule has 2 aliphatic rings. The van der Waals surface area contributed by atoms with Crippen LogP contribution < -0.4 is 5.32 Å². The number of nitrogens with zero attached hydrogens (tertiary/aromatic N) is 2.